The summed E-state index contributed by atoms with van der Waals surface area (Å²) in [6.07, 6.45) is 1.68. The molecule has 9 heteroatoms. The van der Waals surface area contributed by atoms with Crippen LogP contribution in [0.25, 0.3) is 0 Å². The van der Waals surface area contributed by atoms with Crippen LogP contribution in [-0.4, -0.2) is 41.2 Å². The van der Waals surface area contributed by atoms with Crippen molar-refractivity contribution in [3.8, 4) is 0 Å². The molecule has 8 nitrogen and oxygen atoms in total. The highest BCUT2D eigenvalue weighted by molar-refractivity contribution is 6.31. The minimum atomic E-state index is -1.61. The topological polar surface area (TPSA) is 99.2 Å². The van der Waals surface area contributed by atoms with Gasteiger partial charge in [-0.1, -0.05) is 23.7 Å². The van der Waals surface area contributed by atoms with Crippen molar-refractivity contribution in [2.75, 3.05) is 4.90 Å². The van der Waals surface area contributed by atoms with Crippen LogP contribution in [0.5, 0.6) is 0 Å². The summed E-state index contributed by atoms with van der Waals surface area (Å²) in [5.74, 6) is -4.33. The Balaban J connectivity index is 1.82. The molecule has 0 N–H and O–H groups in total. The van der Waals surface area contributed by atoms with Gasteiger partial charge in [0.05, 0.1) is 23.1 Å². The Morgan fingerprint density at radius 1 is 1.10 bits per heavy atom. The van der Waals surface area contributed by atoms with Crippen LogP contribution in [0.3, 0.4) is 0 Å². The Labute approximate surface area is 177 Å². The van der Waals surface area contributed by atoms with E-state index in [1.165, 1.54) is 0 Å². The van der Waals surface area contributed by atoms with Gasteiger partial charge in [-0.3, -0.25) is 19.2 Å². The number of carbonyl (C=O) groups is 4. The zero-order valence-electron chi connectivity index (χ0n) is 16.8. The molecule has 0 aliphatic carbocycles. The fourth-order valence-electron chi connectivity index (χ4n) is 4.62. The number of rotatable bonds is 4. The summed E-state index contributed by atoms with van der Waals surface area (Å²) in [5.41, 5.74) is -1.67. The lowest BCUT2D eigenvalue weighted by atomic mass is 9.72. The Kier molecular flexibility index (Phi) is 4.56. The largest absolute Gasteiger partial charge is 0.422 e. The lowest BCUT2D eigenvalue weighted by Gasteiger charge is -2.34. The maximum Gasteiger partial charge on any atom is 0.305 e. The number of amides is 2. The lowest BCUT2D eigenvalue weighted by molar-refractivity contribution is -0.231. The predicted molar refractivity (Wildman–Crippen MR) is 104 cm³/mol. The van der Waals surface area contributed by atoms with Crippen molar-refractivity contribution in [2.24, 2.45) is 11.8 Å². The third-order valence-corrected chi connectivity index (χ3v) is 6.04. The fourth-order valence-corrected chi connectivity index (χ4v) is 4.79. The van der Waals surface area contributed by atoms with Gasteiger partial charge in [0.2, 0.25) is 11.8 Å². The molecule has 158 valence electrons. The molecule has 4 rings (SSSR count). The molecule has 2 fully saturated rings. The van der Waals surface area contributed by atoms with Crippen LogP contribution in [0.2, 0.25) is 5.02 Å². The molecule has 1 aromatic rings. The minimum Gasteiger partial charge on any atom is -0.422 e. The van der Waals surface area contributed by atoms with Crippen molar-refractivity contribution in [2.45, 2.75) is 45.2 Å². The van der Waals surface area contributed by atoms with Crippen molar-refractivity contribution < 1.29 is 33.4 Å². The number of ether oxygens (including phenoxy) is 3. The summed E-state index contributed by atoms with van der Waals surface area (Å²) in [6.45, 7) is 5.75. The first kappa shape index (κ1) is 20.6. The number of aryl methyl sites for hydroxylation is 1. The van der Waals surface area contributed by atoms with E-state index in [0.29, 0.717) is 16.3 Å². The predicted octanol–water partition coefficient (Wildman–Crippen LogP) is 2.30. The zero-order valence-corrected chi connectivity index (χ0v) is 17.6. The van der Waals surface area contributed by atoms with Crippen LogP contribution in [0, 0.1) is 18.8 Å². The van der Waals surface area contributed by atoms with E-state index in [2.05, 4.69) is 0 Å². The number of esters is 2. The molecule has 2 amide bonds. The number of anilines is 1. The monoisotopic (exact) mass is 433 g/mol. The van der Waals surface area contributed by atoms with Gasteiger partial charge >= 0.3 is 11.9 Å². The maximum absolute atomic E-state index is 13.5. The molecule has 0 unspecified atom stereocenters. The number of hydrogen-bond acceptors (Lipinski definition) is 7. The number of imide groups is 1. The summed E-state index contributed by atoms with van der Waals surface area (Å²) in [6, 6.07) is 4.93. The van der Waals surface area contributed by atoms with Crippen molar-refractivity contribution >= 4 is 41.0 Å². The van der Waals surface area contributed by atoms with Crippen molar-refractivity contribution in [3.63, 3.8) is 0 Å². The molecule has 0 aromatic heterocycles. The van der Waals surface area contributed by atoms with Gasteiger partial charge in [0.15, 0.2) is 5.60 Å². The summed E-state index contributed by atoms with van der Waals surface area (Å²) in [5, 5.41) is 0.379. The molecular weight excluding hydrogens is 414 g/mol. The van der Waals surface area contributed by atoms with Crippen LogP contribution >= 0.6 is 11.6 Å². The van der Waals surface area contributed by atoms with E-state index < -0.39 is 53.1 Å². The highest BCUT2D eigenvalue weighted by Crippen LogP contribution is 2.59. The van der Waals surface area contributed by atoms with Crippen LogP contribution in [-0.2, 0) is 33.4 Å². The average molecular weight is 434 g/mol. The van der Waals surface area contributed by atoms with Gasteiger partial charge in [-0.05, 0) is 37.6 Å². The summed E-state index contributed by atoms with van der Waals surface area (Å²) in [4.78, 5) is 51.4. The van der Waals surface area contributed by atoms with E-state index in [1.807, 2.05) is 0 Å². The summed E-state index contributed by atoms with van der Waals surface area (Å²) >= 11 is 6.10. The van der Waals surface area contributed by atoms with Crippen LogP contribution in [0.1, 0.15) is 26.3 Å². The van der Waals surface area contributed by atoms with E-state index in [0.717, 1.165) is 18.7 Å². The molecule has 1 aromatic carbocycles. The number of benzene rings is 1. The number of fused-ring (bicyclic) bond motifs is 5. The summed E-state index contributed by atoms with van der Waals surface area (Å²) in [7, 11) is 0. The second-order valence-electron chi connectivity index (χ2n) is 7.92. The maximum atomic E-state index is 13.5. The van der Waals surface area contributed by atoms with Crippen LogP contribution < -0.4 is 4.90 Å². The standard InChI is InChI=1S/C21H20ClNO7/c1-10-5-6-13(22)9-14(10)23-17(26)15-16(18(23)27)21(8-7-20(15,4)30-21)19(28-11(2)24)29-12(3)25/h5-9,15-16,19H,1-4H3/t15-,16+,20+,21-/m0/s1. The molecule has 3 aliphatic rings. The second-order valence-corrected chi connectivity index (χ2v) is 8.36. The first-order valence-electron chi connectivity index (χ1n) is 9.39. The van der Waals surface area contributed by atoms with E-state index in [4.69, 9.17) is 25.8 Å². The second kappa shape index (κ2) is 6.65. The molecule has 2 saturated heterocycles. The molecule has 0 spiro atoms. The van der Waals surface area contributed by atoms with Gasteiger partial charge in [0, 0.05) is 18.9 Å². The first-order chi connectivity index (χ1) is 14.0. The Bertz CT molecular complexity index is 1000. The molecule has 3 heterocycles. The molecule has 2 bridgehead atoms. The quantitative estimate of drug-likeness (QED) is 0.311. The van der Waals surface area contributed by atoms with Crippen molar-refractivity contribution in [3.05, 3.63) is 40.9 Å². The van der Waals surface area contributed by atoms with E-state index in [9.17, 15) is 19.2 Å². The highest BCUT2D eigenvalue weighted by Gasteiger charge is 2.76. The molecule has 0 saturated carbocycles. The third kappa shape index (κ3) is 2.78. The van der Waals surface area contributed by atoms with Gasteiger partial charge in [-0.15, -0.1) is 0 Å². The van der Waals surface area contributed by atoms with Crippen molar-refractivity contribution in [1.29, 1.82) is 0 Å². The van der Waals surface area contributed by atoms with Crippen LogP contribution in [0.4, 0.5) is 5.69 Å². The fraction of sp³-hybridized carbons (Fsp3) is 0.429. The van der Waals surface area contributed by atoms with Gasteiger partial charge < -0.3 is 14.2 Å². The number of halogens is 1. The first-order valence-corrected chi connectivity index (χ1v) is 9.77. The smallest absolute Gasteiger partial charge is 0.305 e. The van der Waals surface area contributed by atoms with E-state index >= 15 is 0 Å². The van der Waals surface area contributed by atoms with Gasteiger partial charge in [0.25, 0.3) is 6.29 Å². The average Bonchev–Trinajstić information content (AvgIpc) is 3.22. The third-order valence-electron chi connectivity index (χ3n) is 5.81. The van der Waals surface area contributed by atoms with E-state index in [1.54, 1.807) is 44.2 Å². The summed E-state index contributed by atoms with van der Waals surface area (Å²) < 4.78 is 16.5. The Morgan fingerprint density at radius 2 is 1.70 bits per heavy atom. The number of carbonyl (C=O) groups excluding carboxylic acids is 4. The molecule has 4 atom stereocenters. The van der Waals surface area contributed by atoms with E-state index in [-0.39, 0.29) is 0 Å². The molecular formula is C21H20ClNO7. The number of hydrogen-bond donors (Lipinski definition) is 0. The highest BCUT2D eigenvalue weighted by atomic mass is 35.5. The van der Waals surface area contributed by atoms with Gasteiger partial charge in [-0.25, -0.2) is 4.90 Å². The van der Waals surface area contributed by atoms with Crippen LogP contribution in [0.15, 0.2) is 30.4 Å². The molecule has 3 aliphatic heterocycles. The minimum absolute atomic E-state index is 0.376. The van der Waals surface area contributed by atoms with Crippen molar-refractivity contribution in [1.82, 2.24) is 0 Å². The number of nitrogens with zero attached hydrogens (tertiary/aromatic N) is 1. The zero-order chi connectivity index (χ0) is 22.0. The SMILES string of the molecule is CC(=O)OC(OC(C)=O)[C@@]12C=C[C@@](C)(O1)[C@@H]1C(=O)N(c3cc(Cl)ccc3C)C(=O)[C@@H]12. The Morgan fingerprint density at radius 3 is 2.30 bits per heavy atom. The normalized spacial score (nSPS) is 31.5. The lowest BCUT2D eigenvalue weighted by Crippen LogP contribution is -2.52. The Hall–Kier alpha value is -2.71. The molecule has 30 heavy (non-hydrogen) atoms. The van der Waals surface area contributed by atoms with Gasteiger partial charge in [0.1, 0.15) is 0 Å². The molecule has 0 radical (unpaired) electrons. The van der Waals surface area contributed by atoms with Gasteiger partial charge in [-0.2, -0.15) is 0 Å².